The van der Waals surface area contributed by atoms with Crippen LogP contribution in [0.2, 0.25) is 0 Å². The average molecular weight is 329 g/mol. The minimum absolute atomic E-state index is 0.228. The van der Waals surface area contributed by atoms with Crippen LogP contribution in [0.4, 0.5) is 4.39 Å². The highest BCUT2D eigenvalue weighted by molar-refractivity contribution is 9.10. The van der Waals surface area contributed by atoms with Crippen LogP contribution in [0.25, 0.3) is 10.6 Å². The van der Waals surface area contributed by atoms with Crippen molar-refractivity contribution in [3.63, 3.8) is 0 Å². The van der Waals surface area contributed by atoms with Crippen molar-refractivity contribution in [2.45, 2.75) is 19.9 Å². The third-order valence-electron chi connectivity index (χ3n) is 2.82. The average Bonchev–Trinajstić information content (AvgIpc) is 2.73. The van der Waals surface area contributed by atoms with Crippen molar-refractivity contribution in [3.05, 3.63) is 39.1 Å². The van der Waals surface area contributed by atoms with E-state index in [4.69, 9.17) is 0 Å². The van der Waals surface area contributed by atoms with Gasteiger partial charge in [-0.2, -0.15) is 0 Å². The van der Waals surface area contributed by atoms with E-state index in [2.05, 4.69) is 33.2 Å². The first-order valence-corrected chi connectivity index (χ1v) is 7.24. The molecule has 18 heavy (non-hydrogen) atoms. The van der Waals surface area contributed by atoms with Gasteiger partial charge in [0.15, 0.2) is 0 Å². The van der Waals surface area contributed by atoms with E-state index in [0.29, 0.717) is 5.56 Å². The Morgan fingerprint density at radius 2 is 2.17 bits per heavy atom. The van der Waals surface area contributed by atoms with Gasteiger partial charge < -0.3 is 5.32 Å². The van der Waals surface area contributed by atoms with Gasteiger partial charge in [0.1, 0.15) is 10.8 Å². The molecule has 0 aliphatic rings. The summed E-state index contributed by atoms with van der Waals surface area (Å²) in [6.45, 7) is 4.03. The van der Waals surface area contributed by atoms with E-state index >= 15 is 0 Å². The number of aromatic nitrogens is 1. The highest BCUT2D eigenvalue weighted by Crippen LogP contribution is 2.34. The van der Waals surface area contributed by atoms with Gasteiger partial charge in [0.2, 0.25) is 0 Å². The quantitative estimate of drug-likeness (QED) is 0.908. The molecular formula is C13H14BrFN2S. The van der Waals surface area contributed by atoms with Crippen molar-refractivity contribution in [2.24, 2.45) is 0 Å². The van der Waals surface area contributed by atoms with Crippen LogP contribution < -0.4 is 5.32 Å². The first kappa shape index (κ1) is 13.6. The Labute approximate surface area is 118 Å². The van der Waals surface area contributed by atoms with Crippen molar-refractivity contribution in [1.82, 2.24) is 10.3 Å². The van der Waals surface area contributed by atoms with Gasteiger partial charge in [-0.05, 0) is 39.1 Å². The number of hydrogen-bond acceptors (Lipinski definition) is 3. The zero-order chi connectivity index (χ0) is 13.3. The lowest BCUT2D eigenvalue weighted by atomic mass is 10.2. The second-order valence-electron chi connectivity index (χ2n) is 4.10. The normalized spacial score (nSPS) is 12.7. The Bertz CT molecular complexity index is 568. The minimum Gasteiger partial charge on any atom is -0.312 e. The van der Waals surface area contributed by atoms with Crippen LogP contribution in [0.3, 0.4) is 0 Å². The van der Waals surface area contributed by atoms with E-state index in [0.717, 1.165) is 20.1 Å². The fourth-order valence-electron chi connectivity index (χ4n) is 1.72. The lowest BCUT2D eigenvalue weighted by Crippen LogP contribution is -2.11. The second kappa shape index (κ2) is 5.47. The molecule has 0 aliphatic carbocycles. The topological polar surface area (TPSA) is 24.9 Å². The fourth-order valence-corrected chi connectivity index (χ4v) is 3.22. The molecule has 0 saturated heterocycles. The number of thiazole rings is 1. The van der Waals surface area contributed by atoms with Gasteiger partial charge in [0.05, 0.1) is 5.69 Å². The van der Waals surface area contributed by atoms with E-state index in [-0.39, 0.29) is 11.9 Å². The fraction of sp³-hybridized carbons (Fsp3) is 0.308. The number of benzene rings is 1. The number of nitrogens with one attached hydrogen (secondary N) is 1. The van der Waals surface area contributed by atoms with Crippen LogP contribution in [0.5, 0.6) is 0 Å². The molecule has 0 spiro atoms. The third-order valence-corrected chi connectivity index (χ3v) is 4.68. The molecule has 2 nitrogen and oxygen atoms in total. The van der Waals surface area contributed by atoms with Crippen LogP contribution in [-0.2, 0) is 0 Å². The summed E-state index contributed by atoms with van der Waals surface area (Å²) >= 11 is 4.89. The van der Waals surface area contributed by atoms with Crippen LogP contribution >= 0.6 is 27.3 Å². The molecule has 1 aromatic carbocycles. The second-order valence-corrected chi connectivity index (χ2v) is 6.05. The Balaban J connectivity index is 2.49. The van der Waals surface area contributed by atoms with E-state index < -0.39 is 0 Å². The molecule has 0 amide bonds. The Kier molecular flexibility index (Phi) is 4.14. The van der Waals surface area contributed by atoms with E-state index in [1.54, 1.807) is 12.1 Å². The highest BCUT2D eigenvalue weighted by Gasteiger charge is 2.16. The molecule has 96 valence electrons. The zero-order valence-electron chi connectivity index (χ0n) is 10.4. The minimum atomic E-state index is -0.240. The van der Waals surface area contributed by atoms with Crippen LogP contribution in [-0.4, -0.2) is 12.0 Å². The van der Waals surface area contributed by atoms with E-state index in [9.17, 15) is 4.39 Å². The van der Waals surface area contributed by atoms with Gasteiger partial charge in [-0.1, -0.05) is 15.9 Å². The molecular weight excluding hydrogens is 315 g/mol. The maximum absolute atomic E-state index is 13.8. The summed E-state index contributed by atoms with van der Waals surface area (Å²) in [6, 6.07) is 5.14. The Morgan fingerprint density at radius 3 is 2.83 bits per heavy atom. The monoisotopic (exact) mass is 328 g/mol. The summed E-state index contributed by atoms with van der Waals surface area (Å²) in [4.78, 5) is 5.61. The maximum atomic E-state index is 13.8. The van der Waals surface area contributed by atoms with Crippen molar-refractivity contribution >= 4 is 27.3 Å². The smallest absolute Gasteiger partial charge is 0.133 e. The maximum Gasteiger partial charge on any atom is 0.133 e. The molecule has 2 aromatic rings. The van der Waals surface area contributed by atoms with Crippen LogP contribution in [0.1, 0.15) is 23.5 Å². The van der Waals surface area contributed by atoms with Gasteiger partial charge in [0, 0.05) is 21.0 Å². The molecule has 1 N–H and O–H groups in total. The van der Waals surface area contributed by atoms with Gasteiger partial charge in [-0.3, -0.25) is 0 Å². The lowest BCUT2D eigenvalue weighted by molar-refractivity contribution is 0.631. The van der Waals surface area contributed by atoms with Crippen LogP contribution in [0, 0.1) is 12.7 Å². The Morgan fingerprint density at radius 1 is 1.44 bits per heavy atom. The predicted molar refractivity (Wildman–Crippen MR) is 77.4 cm³/mol. The number of rotatable bonds is 3. The van der Waals surface area contributed by atoms with Crippen molar-refractivity contribution < 1.29 is 4.39 Å². The molecule has 2 rings (SSSR count). The summed E-state index contributed by atoms with van der Waals surface area (Å²) in [5, 5.41) is 3.91. The molecule has 0 fully saturated rings. The number of hydrogen-bond donors (Lipinski definition) is 1. The van der Waals surface area contributed by atoms with Gasteiger partial charge in [-0.25, -0.2) is 9.37 Å². The van der Waals surface area contributed by atoms with Crippen molar-refractivity contribution in [2.75, 3.05) is 7.05 Å². The summed E-state index contributed by atoms with van der Waals surface area (Å²) in [6.07, 6.45) is 0. The molecule has 1 unspecified atom stereocenters. The number of nitrogens with zero attached hydrogens (tertiary/aromatic N) is 1. The molecule has 0 aliphatic heterocycles. The molecule has 5 heteroatoms. The van der Waals surface area contributed by atoms with Crippen molar-refractivity contribution in [1.29, 1.82) is 0 Å². The first-order valence-electron chi connectivity index (χ1n) is 5.63. The first-order chi connectivity index (χ1) is 8.52. The molecule has 1 aromatic heterocycles. The Hall–Kier alpha value is -0.780. The van der Waals surface area contributed by atoms with Gasteiger partial charge in [0.25, 0.3) is 0 Å². The molecule has 0 bridgehead atoms. The SMILES string of the molecule is CNC(C)c1sc(-c2cc(Br)ccc2F)nc1C. The number of aryl methyl sites for hydroxylation is 1. The third kappa shape index (κ3) is 2.63. The largest absolute Gasteiger partial charge is 0.312 e. The summed E-state index contributed by atoms with van der Waals surface area (Å²) in [5.74, 6) is -0.240. The van der Waals surface area contributed by atoms with Crippen molar-refractivity contribution in [3.8, 4) is 10.6 Å². The summed E-state index contributed by atoms with van der Waals surface area (Å²) < 4.78 is 14.7. The molecule has 0 saturated carbocycles. The number of halogens is 2. The standard InChI is InChI=1S/C13H14BrFN2S/c1-7(16-3)12-8(2)17-13(18-12)10-6-9(14)4-5-11(10)15/h4-7,16H,1-3H3. The summed E-state index contributed by atoms with van der Waals surface area (Å²) in [5.41, 5.74) is 1.50. The molecule has 1 atom stereocenters. The van der Waals surface area contributed by atoms with Gasteiger partial charge in [-0.15, -0.1) is 11.3 Å². The highest BCUT2D eigenvalue weighted by atomic mass is 79.9. The molecule has 0 radical (unpaired) electrons. The molecule has 1 heterocycles. The van der Waals surface area contributed by atoms with E-state index in [1.165, 1.54) is 17.4 Å². The lowest BCUT2D eigenvalue weighted by Gasteiger charge is -2.07. The van der Waals surface area contributed by atoms with E-state index in [1.807, 2.05) is 14.0 Å². The van der Waals surface area contributed by atoms with Gasteiger partial charge >= 0.3 is 0 Å². The summed E-state index contributed by atoms with van der Waals surface area (Å²) in [7, 11) is 1.91. The zero-order valence-corrected chi connectivity index (χ0v) is 12.8. The predicted octanol–water partition coefficient (Wildman–Crippen LogP) is 4.30. The van der Waals surface area contributed by atoms with Crippen LogP contribution in [0.15, 0.2) is 22.7 Å².